The molecular weight excluding hydrogens is 270 g/mol. The minimum atomic E-state index is -1.27. The van der Waals surface area contributed by atoms with Crippen molar-refractivity contribution < 1.29 is 20.4 Å². The first-order chi connectivity index (χ1) is 10.1. The van der Waals surface area contributed by atoms with Crippen molar-refractivity contribution in [1.29, 1.82) is 0 Å². The van der Waals surface area contributed by atoms with Crippen LogP contribution in [0, 0.1) is 0 Å². The quantitative estimate of drug-likeness (QED) is 0.387. The lowest BCUT2D eigenvalue weighted by Gasteiger charge is -2.38. The van der Waals surface area contributed by atoms with Crippen LogP contribution in [-0.2, 0) is 0 Å². The summed E-state index contributed by atoms with van der Waals surface area (Å²) in [7, 11) is 0. The first-order valence-electron chi connectivity index (χ1n) is 8.53. The molecule has 21 heavy (non-hydrogen) atoms. The number of aliphatic hydroxyl groups excluding tert-OH is 4. The Morgan fingerprint density at radius 3 is 1.95 bits per heavy atom. The maximum absolute atomic E-state index is 9.87. The van der Waals surface area contributed by atoms with Gasteiger partial charge in [0.15, 0.2) is 0 Å². The van der Waals surface area contributed by atoms with Crippen molar-refractivity contribution >= 4 is 0 Å². The third-order valence-corrected chi connectivity index (χ3v) is 4.44. The Morgan fingerprint density at radius 2 is 1.33 bits per heavy atom. The SMILES string of the molecule is CCCCCCCCCCN[C@H]1C[C@@H](O)[C@H](O)[C@@H](O)[C@H]1O. The van der Waals surface area contributed by atoms with Gasteiger partial charge in [0.1, 0.15) is 12.2 Å². The molecular formula is C16H33NO4. The topological polar surface area (TPSA) is 93.0 Å². The van der Waals surface area contributed by atoms with Gasteiger partial charge in [0.25, 0.3) is 0 Å². The second kappa shape index (κ2) is 10.5. The van der Waals surface area contributed by atoms with E-state index >= 15 is 0 Å². The highest BCUT2D eigenvalue weighted by Crippen LogP contribution is 2.20. The van der Waals surface area contributed by atoms with Crippen LogP contribution in [0.3, 0.4) is 0 Å². The molecule has 5 atom stereocenters. The van der Waals surface area contributed by atoms with Gasteiger partial charge in [-0.1, -0.05) is 51.9 Å². The largest absolute Gasteiger partial charge is 0.390 e. The summed E-state index contributed by atoms with van der Waals surface area (Å²) < 4.78 is 0. The van der Waals surface area contributed by atoms with E-state index in [9.17, 15) is 20.4 Å². The van der Waals surface area contributed by atoms with E-state index in [2.05, 4.69) is 12.2 Å². The highest BCUT2D eigenvalue weighted by Gasteiger charge is 2.41. The minimum Gasteiger partial charge on any atom is -0.390 e. The second-order valence-corrected chi connectivity index (χ2v) is 6.31. The van der Waals surface area contributed by atoms with E-state index in [-0.39, 0.29) is 12.5 Å². The number of nitrogens with one attached hydrogen (secondary N) is 1. The predicted octanol–water partition coefficient (Wildman–Crippen LogP) is 0.933. The minimum absolute atomic E-state index is 0.274. The zero-order chi connectivity index (χ0) is 15.7. The third-order valence-electron chi connectivity index (χ3n) is 4.44. The Labute approximate surface area is 128 Å². The van der Waals surface area contributed by atoms with Crippen LogP contribution in [0.15, 0.2) is 0 Å². The number of aliphatic hydroxyl groups is 4. The smallest absolute Gasteiger partial charge is 0.110 e. The van der Waals surface area contributed by atoms with Gasteiger partial charge in [-0.3, -0.25) is 0 Å². The maximum atomic E-state index is 9.87. The Bertz CT molecular complexity index is 265. The zero-order valence-electron chi connectivity index (χ0n) is 13.2. The fourth-order valence-corrected chi connectivity index (χ4v) is 2.96. The van der Waals surface area contributed by atoms with Crippen LogP contribution >= 0.6 is 0 Å². The highest BCUT2D eigenvalue weighted by molar-refractivity contribution is 4.95. The van der Waals surface area contributed by atoms with Crippen molar-refractivity contribution in [1.82, 2.24) is 5.32 Å². The number of rotatable bonds is 10. The van der Waals surface area contributed by atoms with Crippen molar-refractivity contribution in [2.24, 2.45) is 0 Å². The molecule has 126 valence electrons. The fraction of sp³-hybridized carbons (Fsp3) is 1.00. The zero-order valence-corrected chi connectivity index (χ0v) is 13.2. The number of unbranched alkanes of at least 4 members (excludes halogenated alkanes) is 7. The van der Waals surface area contributed by atoms with Crippen molar-refractivity contribution in [2.45, 2.75) is 95.2 Å². The molecule has 1 fully saturated rings. The monoisotopic (exact) mass is 303 g/mol. The lowest BCUT2D eigenvalue weighted by Crippen LogP contribution is -2.60. The van der Waals surface area contributed by atoms with Crippen LogP contribution < -0.4 is 5.32 Å². The summed E-state index contributed by atoms with van der Waals surface area (Å²) in [4.78, 5) is 0. The Hall–Kier alpha value is -0.200. The summed E-state index contributed by atoms with van der Waals surface area (Å²) in [5.41, 5.74) is 0. The van der Waals surface area contributed by atoms with Crippen LogP contribution in [0.2, 0.25) is 0 Å². The summed E-state index contributed by atoms with van der Waals surface area (Å²) in [6.07, 6.45) is 5.75. The number of hydrogen-bond acceptors (Lipinski definition) is 5. The highest BCUT2D eigenvalue weighted by atomic mass is 16.4. The van der Waals surface area contributed by atoms with Crippen molar-refractivity contribution in [3.63, 3.8) is 0 Å². The van der Waals surface area contributed by atoms with Gasteiger partial charge < -0.3 is 25.7 Å². The molecule has 0 heterocycles. The van der Waals surface area contributed by atoms with Gasteiger partial charge in [0.05, 0.1) is 12.2 Å². The summed E-state index contributed by atoms with van der Waals surface area (Å²) >= 11 is 0. The van der Waals surface area contributed by atoms with Crippen LogP contribution in [-0.4, -0.2) is 57.4 Å². The average molecular weight is 303 g/mol. The molecule has 0 amide bonds. The molecule has 1 aliphatic rings. The van der Waals surface area contributed by atoms with Gasteiger partial charge >= 0.3 is 0 Å². The van der Waals surface area contributed by atoms with Crippen LogP contribution in [0.4, 0.5) is 0 Å². The van der Waals surface area contributed by atoms with Crippen molar-refractivity contribution in [2.75, 3.05) is 6.54 Å². The molecule has 1 saturated carbocycles. The van der Waals surface area contributed by atoms with Crippen LogP contribution in [0.1, 0.15) is 64.7 Å². The van der Waals surface area contributed by atoms with E-state index in [0.29, 0.717) is 0 Å². The molecule has 0 aliphatic heterocycles. The predicted molar refractivity (Wildman–Crippen MR) is 83.0 cm³/mol. The Balaban J connectivity index is 2.04. The first kappa shape index (κ1) is 18.8. The molecule has 0 bridgehead atoms. The summed E-state index contributed by atoms with van der Waals surface area (Å²) in [5, 5.41) is 41.8. The normalized spacial score (nSPS) is 33.3. The van der Waals surface area contributed by atoms with E-state index in [1.165, 1.54) is 38.5 Å². The number of hydrogen-bond donors (Lipinski definition) is 5. The average Bonchev–Trinajstić information content (AvgIpc) is 2.48. The molecule has 0 saturated heterocycles. The van der Waals surface area contributed by atoms with Gasteiger partial charge in [-0.05, 0) is 19.4 Å². The molecule has 1 aliphatic carbocycles. The summed E-state index contributed by atoms with van der Waals surface area (Å²) in [6, 6.07) is -0.344. The summed E-state index contributed by atoms with van der Waals surface area (Å²) in [5.74, 6) is 0. The van der Waals surface area contributed by atoms with Crippen molar-refractivity contribution in [3.05, 3.63) is 0 Å². The molecule has 0 aromatic carbocycles. The molecule has 0 spiro atoms. The molecule has 0 aromatic rings. The van der Waals surface area contributed by atoms with Gasteiger partial charge in [0.2, 0.25) is 0 Å². The van der Waals surface area contributed by atoms with Crippen molar-refractivity contribution in [3.8, 4) is 0 Å². The molecule has 0 aromatic heterocycles. The first-order valence-corrected chi connectivity index (χ1v) is 8.53. The van der Waals surface area contributed by atoms with Gasteiger partial charge in [-0.2, -0.15) is 0 Å². The van der Waals surface area contributed by atoms with E-state index in [1.54, 1.807) is 0 Å². The van der Waals surface area contributed by atoms with Gasteiger partial charge in [-0.25, -0.2) is 0 Å². The molecule has 5 N–H and O–H groups in total. The fourth-order valence-electron chi connectivity index (χ4n) is 2.96. The lowest BCUT2D eigenvalue weighted by molar-refractivity contribution is -0.146. The Kier molecular flexibility index (Phi) is 9.44. The van der Waals surface area contributed by atoms with E-state index in [1.807, 2.05) is 0 Å². The van der Waals surface area contributed by atoms with Gasteiger partial charge in [-0.15, -0.1) is 0 Å². The summed E-state index contributed by atoms with van der Waals surface area (Å²) in [6.45, 7) is 2.99. The van der Waals surface area contributed by atoms with Crippen LogP contribution in [0.25, 0.3) is 0 Å². The Morgan fingerprint density at radius 1 is 0.762 bits per heavy atom. The van der Waals surface area contributed by atoms with E-state index in [0.717, 1.165) is 19.4 Å². The van der Waals surface area contributed by atoms with E-state index < -0.39 is 24.4 Å². The molecule has 5 heteroatoms. The van der Waals surface area contributed by atoms with Gasteiger partial charge in [0, 0.05) is 6.04 Å². The third kappa shape index (κ3) is 6.61. The van der Waals surface area contributed by atoms with E-state index in [4.69, 9.17) is 0 Å². The lowest BCUT2D eigenvalue weighted by atomic mass is 9.85. The second-order valence-electron chi connectivity index (χ2n) is 6.31. The maximum Gasteiger partial charge on any atom is 0.110 e. The van der Waals surface area contributed by atoms with Crippen LogP contribution in [0.5, 0.6) is 0 Å². The molecule has 0 unspecified atom stereocenters. The molecule has 5 nitrogen and oxygen atoms in total. The molecule has 0 radical (unpaired) electrons. The standard InChI is InChI=1S/C16H33NO4/c1-2-3-4-5-6-7-8-9-10-17-12-11-13(18)15(20)16(21)14(12)19/h12-21H,2-11H2,1H3/t12-,13+,14-,15-,16-/m0/s1. The molecule has 1 rings (SSSR count).